The minimum atomic E-state index is -1.10. The summed E-state index contributed by atoms with van der Waals surface area (Å²) < 4.78 is 5.28. The molecule has 0 saturated carbocycles. The molecule has 1 fully saturated rings. The Balaban J connectivity index is 2.82. The fraction of sp³-hybridized carbons (Fsp3) is 0.867. The van der Waals surface area contributed by atoms with Crippen LogP contribution in [-0.2, 0) is 9.53 Å². The van der Waals surface area contributed by atoms with Gasteiger partial charge in [0.05, 0.1) is 0 Å². The zero-order valence-electron chi connectivity index (χ0n) is 13.2. The molecule has 0 aromatic carbocycles. The van der Waals surface area contributed by atoms with Gasteiger partial charge in [-0.2, -0.15) is 0 Å². The first-order chi connectivity index (χ1) is 9.19. The summed E-state index contributed by atoms with van der Waals surface area (Å²) in [7, 11) is 0. The van der Waals surface area contributed by atoms with Crippen molar-refractivity contribution < 1.29 is 19.4 Å². The largest absolute Gasteiger partial charge is 0.443 e. The molecule has 1 N–H and O–H groups in total. The molecule has 1 unspecified atom stereocenters. The van der Waals surface area contributed by atoms with Crippen LogP contribution in [0.4, 0.5) is 4.79 Å². The van der Waals surface area contributed by atoms with E-state index in [4.69, 9.17) is 4.74 Å². The van der Waals surface area contributed by atoms with E-state index in [-0.39, 0.29) is 12.0 Å². The summed E-state index contributed by atoms with van der Waals surface area (Å²) in [5.74, 6) is -0.778. The molecule has 1 aliphatic rings. The van der Waals surface area contributed by atoms with E-state index in [1.54, 1.807) is 20.8 Å². The average Bonchev–Trinajstić information content (AvgIpc) is 2.52. The number of carbonyl (C=O) groups excluding carboxylic acids is 2. The minimum Gasteiger partial charge on any atom is -0.443 e. The van der Waals surface area contributed by atoms with Crippen molar-refractivity contribution in [2.45, 2.75) is 78.0 Å². The SMILES string of the molecule is CCCCC[C@@H]1[C@H](C)C(O)C(=O)N1C(=O)OC(C)(C)C. The van der Waals surface area contributed by atoms with Crippen LogP contribution in [0.2, 0.25) is 0 Å². The predicted octanol–water partition coefficient (Wildman–Crippen LogP) is 2.71. The Morgan fingerprint density at radius 2 is 1.95 bits per heavy atom. The number of aliphatic hydroxyl groups is 1. The van der Waals surface area contributed by atoms with Crippen molar-refractivity contribution in [2.75, 3.05) is 0 Å². The summed E-state index contributed by atoms with van der Waals surface area (Å²) >= 11 is 0. The average molecular weight is 285 g/mol. The van der Waals surface area contributed by atoms with Gasteiger partial charge in [-0.25, -0.2) is 9.69 Å². The van der Waals surface area contributed by atoms with Gasteiger partial charge in [0.2, 0.25) is 0 Å². The summed E-state index contributed by atoms with van der Waals surface area (Å²) in [6.07, 6.45) is 2.03. The van der Waals surface area contributed by atoms with Gasteiger partial charge in [-0.1, -0.05) is 33.1 Å². The fourth-order valence-corrected chi connectivity index (χ4v) is 2.51. The summed E-state index contributed by atoms with van der Waals surface area (Å²) in [4.78, 5) is 25.4. The Bertz CT molecular complexity index is 361. The van der Waals surface area contributed by atoms with Crippen LogP contribution in [0.3, 0.4) is 0 Å². The molecule has 0 spiro atoms. The first-order valence-corrected chi connectivity index (χ1v) is 7.43. The number of unbranched alkanes of at least 4 members (excludes halogenated alkanes) is 2. The first kappa shape index (κ1) is 17.0. The van der Waals surface area contributed by atoms with Gasteiger partial charge in [-0.15, -0.1) is 0 Å². The van der Waals surface area contributed by atoms with Crippen LogP contribution in [0.5, 0.6) is 0 Å². The number of hydrogen-bond acceptors (Lipinski definition) is 4. The maximum absolute atomic E-state index is 12.2. The molecule has 1 aliphatic heterocycles. The second-order valence-corrected chi connectivity index (χ2v) is 6.56. The molecule has 5 heteroatoms. The molecular formula is C15H27NO4. The van der Waals surface area contributed by atoms with Crippen LogP contribution in [0.25, 0.3) is 0 Å². The summed E-state index contributed by atoms with van der Waals surface area (Å²) in [6, 6.07) is -0.265. The molecule has 0 aromatic heterocycles. The normalized spacial score (nSPS) is 27.0. The smallest absolute Gasteiger partial charge is 0.417 e. The molecule has 0 bridgehead atoms. The third-order valence-corrected chi connectivity index (χ3v) is 3.62. The van der Waals surface area contributed by atoms with E-state index in [1.165, 1.54) is 0 Å². The van der Waals surface area contributed by atoms with E-state index < -0.39 is 23.7 Å². The van der Waals surface area contributed by atoms with Crippen LogP contribution in [0.15, 0.2) is 0 Å². The maximum atomic E-state index is 12.2. The molecule has 0 aliphatic carbocycles. The van der Waals surface area contributed by atoms with Gasteiger partial charge in [0.1, 0.15) is 11.7 Å². The fourth-order valence-electron chi connectivity index (χ4n) is 2.51. The lowest BCUT2D eigenvalue weighted by Gasteiger charge is -2.28. The molecular weight excluding hydrogens is 258 g/mol. The molecule has 0 radical (unpaired) electrons. The van der Waals surface area contributed by atoms with Crippen LogP contribution >= 0.6 is 0 Å². The van der Waals surface area contributed by atoms with E-state index >= 15 is 0 Å². The van der Waals surface area contributed by atoms with Gasteiger partial charge in [-0.05, 0) is 27.2 Å². The Labute approximate surface area is 121 Å². The van der Waals surface area contributed by atoms with Gasteiger partial charge in [0.25, 0.3) is 5.91 Å². The lowest BCUT2D eigenvalue weighted by atomic mass is 9.95. The van der Waals surface area contributed by atoms with Crippen molar-refractivity contribution in [2.24, 2.45) is 5.92 Å². The molecule has 1 rings (SSSR count). The molecule has 2 amide bonds. The number of aliphatic hydroxyl groups excluding tert-OH is 1. The second-order valence-electron chi connectivity index (χ2n) is 6.56. The molecule has 116 valence electrons. The number of imide groups is 1. The van der Waals surface area contributed by atoms with E-state index in [9.17, 15) is 14.7 Å². The number of rotatable bonds is 4. The van der Waals surface area contributed by atoms with Crippen molar-refractivity contribution in [1.29, 1.82) is 0 Å². The van der Waals surface area contributed by atoms with E-state index in [2.05, 4.69) is 6.92 Å². The highest BCUT2D eigenvalue weighted by atomic mass is 16.6. The zero-order chi connectivity index (χ0) is 15.5. The standard InChI is InChI=1S/C15H27NO4/c1-6-7-8-9-11-10(2)12(17)13(18)16(11)14(19)20-15(3,4)5/h10-12,17H,6-9H2,1-5H3/t10-,11+,12?/m0/s1. The van der Waals surface area contributed by atoms with E-state index in [0.29, 0.717) is 0 Å². The predicted molar refractivity (Wildman–Crippen MR) is 76.2 cm³/mol. The number of amides is 2. The quantitative estimate of drug-likeness (QED) is 0.806. The van der Waals surface area contributed by atoms with Crippen molar-refractivity contribution in [3.63, 3.8) is 0 Å². The Kier molecular flexibility index (Phi) is 5.57. The minimum absolute atomic E-state index is 0.244. The highest BCUT2D eigenvalue weighted by Gasteiger charge is 2.48. The maximum Gasteiger partial charge on any atom is 0.417 e. The molecule has 5 nitrogen and oxygen atoms in total. The molecule has 1 saturated heterocycles. The number of hydrogen-bond donors (Lipinski definition) is 1. The van der Waals surface area contributed by atoms with Gasteiger partial charge < -0.3 is 9.84 Å². The Morgan fingerprint density at radius 1 is 1.35 bits per heavy atom. The molecule has 3 atom stereocenters. The van der Waals surface area contributed by atoms with Crippen LogP contribution in [-0.4, -0.2) is 39.8 Å². The van der Waals surface area contributed by atoms with Gasteiger partial charge in [0, 0.05) is 12.0 Å². The number of carbonyl (C=O) groups is 2. The molecule has 1 heterocycles. The van der Waals surface area contributed by atoms with Gasteiger partial charge in [-0.3, -0.25) is 4.79 Å². The third kappa shape index (κ3) is 3.95. The van der Waals surface area contributed by atoms with Gasteiger partial charge >= 0.3 is 6.09 Å². The highest BCUT2D eigenvalue weighted by molar-refractivity contribution is 5.97. The van der Waals surface area contributed by atoms with E-state index in [0.717, 1.165) is 30.6 Å². The second kappa shape index (κ2) is 6.57. The topological polar surface area (TPSA) is 66.8 Å². The summed E-state index contributed by atoms with van der Waals surface area (Å²) in [5.41, 5.74) is -0.651. The highest BCUT2D eigenvalue weighted by Crippen LogP contribution is 2.31. The van der Waals surface area contributed by atoms with Crippen LogP contribution < -0.4 is 0 Å². The van der Waals surface area contributed by atoms with Crippen molar-refractivity contribution in [3.8, 4) is 0 Å². The van der Waals surface area contributed by atoms with Crippen LogP contribution in [0, 0.1) is 5.92 Å². The van der Waals surface area contributed by atoms with Gasteiger partial charge in [0.15, 0.2) is 0 Å². The molecule has 0 aromatic rings. The monoisotopic (exact) mass is 285 g/mol. The van der Waals surface area contributed by atoms with Crippen molar-refractivity contribution in [3.05, 3.63) is 0 Å². The summed E-state index contributed by atoms with van der Waals surface area (Å²) in [6.45, 7) is 9.19. The lowest BCUT2D eigenvalue weighted by molar-refractivity contribution is -0.134. The number of likely N-dealkylation sites (tertiary alicyclic amines) is 1. The van der Waals surface area contributed by atoms with Crippen molar-refractivity contribution >= 4 is 12.0 Å². The van der Waals surface area contributed by atoms with E-state index in [1.807, 2.05) is 6.92 Å². The first-order valence-electron chi connectivity index (χ1n) is 7.43. The molecule has 20 heavy (non-hydrogen) atoms. The third-order valence-electron chi connectivity index (χ3n) is 3.62. The van der Waals surface area contributed by atoms with Crippen molar-refractivity contribution in [1.82, 2.24) is 4.90 Å². The Morgan fingerprint density at radius 3 is 2.45 bits per heavy atom. The summed E-state index contributed by atoms with van der Waals surface area (Å²) in [5, 5.41) is 9.91. The number of ether oxygens (including phenoxy) is 1. The van der Waals surface area contributed by atoms with Crippen LogP contribution in [0.1, 0.15) is 60.3 Å². The number of nitrogens with zero attached hydrogens (tertiary/aromatic N) is 1. The lowest BCUT2D eigenvalue weighted by Crippen LogP contribution is -2.43. The Hall–Kier alpha value is -1.10. The zero-order valence-corrected chi connectivity index (χ0v) is 13.2.